The number of rotatable bonds is 8. The highest BCUT2D eigenvalue weighted by Crippen LogP contribution is 2.39. The predicted octanol–water partition coefficient (Wildman–Crippen LogP) is 6.83. The molecule has 9 heteroatoms. The number of aliphatic carboxylic acids is 1. The number of carboxylic acid groups (broad SMARTS) is 1. The van der Waals surface area contributed by atoms with Gasteiger partial charge in [0.15, 0.2) is 18.1 Å². The summed E-state index contributed by atoms with van der Waals surface area (Å²) in [5.41, 5.74) is 5.95. The number of carbonyl (C=O) groups is 1. The lowest BCUT2D eigenvalue weighted by molar-refractivity contribution is -0.139. The van der Waals surface area contributed by atoms with E-state index in [1.165, 1.54) is 0 Å². The summed E-state index contributed by atoms with van der Waals surface area (Å²) >= 11 is 1.55. The molecule has 3 aromatic carbocycles. The summed E-state index contributed by atoms with van der Waals surface area (Å²) in [6, 6.07) is 21.3. The normalized spacial score (nSPS) is 11.2. The molecule has 39 heavy (non-hydrogen) atoms. The molecule has 0 saturated carbocycles. The van der Waals surface area contributed by atoms with Gasteiger partial charge in [0, 0.05) is 29.6 Å². The summed E-state index contributed by atoms with van der Waals surface area (Å²) in [6.45, 7) is 3.54. The first-order valence-corrected chi connectivity index (χ1v) is 13.0. The van der Waals surface area contributed by atoms with E-state index < -0.39 is 12.6 Å². The van der Waals surface area contributed by atoms with Gasteiger partial charge in [-0.15, -0.1) is 11.3 Å². The molecule has 0 unspecified atom stereocenters. The molecule has 0 radical (unpaired) electrons. The molecule has 6 rings (SSSR count). The third kappa shape index (κ3) is 5.17. The maximum absolute atomic E-state index is 10.8. The van der Waals surface area contributed by atoms with Crippen molar-refractivity contribution in [2.24, 2.45) is 0 Å². The molecule has 6 aromatic rings. The zero-order chi connectivity index (χ0) is 26.9. The highest BCUT2D eigenvalue weighted by molar-refractivity contribution is 7.15. The Kier molecular flexibility index (Phi) is 6.42. The Morgan fingerprint density at radius 1 is 0.949 bits per heavy atom. The molecule has 0 atom stereocenters. The number of benzene rings is 3. The van der Waals surface area contributed by atoms with E-state index in [0.717, 1.165) is 54.3 Å². The van der Waals surface area contributed by atoms with Crippen molar-refractivity contribution < 1.29 is 23.8 Å². The molecule has 0 bridgehead atoms. The van der Waals surface area contributed by atoms with Gasteiger partial charge >= 0.3 is 5.97 Å². The molecule has 0 aliphatic heterocycles. The van der Waals surface area contributed by atoms with Gasteiger partial charge in [0.25, 0.3) is 0 Å². The monoisotopic (exact) mass is 537 g/mol. The van der Waals surface area contributed by atoms with Crippen LogP contribution in [0, 0.1) is 13.8 Å². The molecular weight excluding hydrogens is 514 g/mol. The average molecular weight is 538 g/mol. The minimum atomic E-state index is -1.02. The highest BCUT2D eigenvalue weighted by Gasteiger charge is 2.18. The largest absolute Gasteiger partial charge is 0.486 e. The average Bonchev–Trinajstić information content (AvgIpc) is 3.53. The zero-order valence-corrected chi connectivity index (χ0v) is 22.0. The van der Waals surface area contributed by atoms with E-state index in [2.05, 4.69) is 16.0 Å². The Morgan fingerprint density at radius 3 is 2.67 bits per heavy atom. The third-order valence-corrected chi connectivity index (χ3v) is 7.23. The van der Waals surface area contributed by atoms with E-state index >= 15 is 0 Å². The first-order valence-electron chi connectivity index (χ1n) is 12.2. The lowest BCUT2D eigenvalue weighted by atomic mass is 10.1. The molecule has 0 fully saturated rings. The predicted molar refractivity (Wildman–Crippen MR) is 149 cm³/mol. The number of fused-ring (bicyclic) bond motifs is 2. The van der Waals surface area contributed by atoms with Crippen molar-refractivity contribution in [1.82, 2.24) is 15.0 Å². The Morgan fingerprint density at radius 2 is 1.82 bits per heavy atom. The summed E-state index contributed by atoms with van der Waals surface area (Å²) in [6.07, 6.45) is 1.88. The fourth-order valence-electron chi connectivity index (χ4n) is 4.36. The van der Waals surface area contributed by atoms with Gasteiger partial charge in [-0.05, 0) is 61.0 Å². The summed E-state index contributed by atoms with van der Waals surface area (Å²) in [5, 5.41) is 10.7. The lowest BCUT2D eigenvalue weighted by Crippen LogP contribution is -2.10. The number of nitrogens with zero attached hydrogens (tertiary/aromatic N) is 3. The number of aromatic nitrogens is 3. The van der Waals surface area contributed by atoms with Gasteiger partial charge in [0.1, 0.15) is 28.6 Å². The smallest absolute Gasteiger partial charge is 0.341 e. The lowest BCUT2D eigenvalue weighted by Gasteiger charge is -2.09. The molecular formula is C30H23N3O5S. The van der Waals surface area contributed by atoms with Crippen LogP contribution in [0.3, 0.4) is 0 Å². The molecule has 0 aliphatic carbocycles. The number of carboxylic acids is 1. The zero-order valence-electron chi connectivity index (χ0n) is 21.2. The summed E-state index contributed by atoms with van der Waals surface area (Å²) in [5.74, 6) is 0.735. The van der Waals surface area contributed by atoms with Crippen LogP contribution in [0.5, 0.6) is 11.5 Å². The Labute approximate surface area is 227 Å². The number of aryl methyl sites for hydroxylation is 2. The molecule has 0 aliphatic rings. The number of thiazole rings is 1. The van der Waals surface area contributed by atoms with E-state index in [1.54, 1.807) is 23.5 Å². The van der Waals surface area contributed by atoms with Crippen molar-refractivity contribution in [1.29, 1.82) is 0 Å². The van der Waals surface area contributed by atoms with Crippen molar-refractivity contribution in [3.05, 3.63) is 89.4 Å². The highest BCUT2D eigenvalue weighted by atomic mass is 32.1. The number of ether oxygens (including phenoxy) is 2. The van der Waals surface area contributed by atoms with Gasteiger partial charge in [-0.3, -0.25) is 4.98 Å². The molecule has 0 spiro atoms. The van der Waals surface area contributed by atoms with Crippen LogP contribution in [0.1, 0.15) is 16.5 Å². The quantitative estimate of drug-likeness (QED) is 0.225. The van der Waals surface area contributed by atoms with Crippen LogP contribution in [0.4, 0.5) is 0 Å². The Bertz CT molecular complexity index is 1840. The SMILES string of the molecule is Cc1nc2cc(-c3nc(COc4ccc(OCC(=O)O)c(C)c4)sc3-c3cnc4ccccc4c3)ccc2o1. The van der Waals surface area contributed by atoms with E-state index in [9.17, 15) is 4.79 Å². The maximum Gasteiger partial charge on any atom is 0.341 e. The molecule has 1 N–H and O–H groups in total. The van der Waals surface area contributed by atoms with Crippen molar-refractivity contribution in [3.8, 4) is 33.2 Å². The van der Waals surface area contributed by atoms with Gasteiger partial charge < -0.3 is 19.0 Å². The van der Waals surface area contributed by atoms with E-state index in [1.807, 2.05) is 68.6 Å². The minimum Gasteiger partial charge on any atom is -0.486 e. The fraction of sp³-hybridized carbons (Fsp3) is 0.133. The topological polar surface area (TPSA) is 108 Å². The van der Waals surface area contributed by atoms with Crippen LogP contribution < -0.4 is 9.47 Å². The summed E-state index contributed by atoms with van der Waals surface area (Å²) in [7, 11) is 0. The number of hydrogen-bond donors (Lipinski definition) is 1. The van der Waals surface area contributed by atoms with Crippen molar-refractivity contribution in [3.63, 3.8) is 0 Å². The first kappa shape index (κ1) is 24.6. The third-order valence-electron chi connectivity index (χ3n) is 6.15. The standard InChI is InChI=1S/C30H23N3O5S/c1-17-11-22(8-10-25(17)37-16-28(34)35)36-15-27-33-29(20-7-9-26-24(13-20)32-18(2)38-26)30(39-27)21-12-19-5-3-4-6-23(19)31-14-21/h3-14H,15-16H2,1-2H3,(H,34,35). The van der Waals surface area contributed by atoms with Crippen LogP contribution in [0.2, 0.25) is 0 Å². The second-order valence-electron chi connectivity index (χ2n) is 9.02. The van der Waals surface area contributed by atoms with Crippen LogP contribution in [0.15, 0.2) is 77.3 Å². The summed E-state index contributed by atoms with van der Waals surface area (Å²) in [4.78, 5) is 25.9. The number of oxazole rings is 1. The van der Waals surface area contributed by atoms with Crippen molar-refractivity contribution in [2.45, 2.75) is 20.5 Å². The van der Waals surface area contributed by atoms with Crippen molar-refractivity contribution in [2.75, 3.05) is 6.61 Å². The molecule has 3 aromatic heterocycles. The maximum atomic E-state index is 10.8. The second kappa shape index (κ2) is 10.2. The number of pyridine rings is 1. The molecule has 0 saturated heterocycles. The Hall–Kier alpha value is -4.76. The van der Waals surface area contributed by atoms with Crippen LogP contribution in [0.25, 0.3) is 43.7 Å². The van der Waals surface area contributed by atoms with Crippen LogP contribution in [-0.4, -0.2) is 32.6 Å². The molecule has 0 amide bonds. The van der Waals surface area contributed by atoms with Gasteiger partial charge in [-0.2, -0.15) is 0 Å². The molecule has 3 heterocycles. The van der Waals surface area contributed by atoms with E-state index in [-0.39, 0.29) is 6.61 Å². The van der Waals surface area contributed by atoms with Crippen LogP contribution in [-0.2, 0) is 11.4 Å². The number of hydrogen-bond acceptors (Lipinski definition) is 8. The number of para-hydroxylation sites is 1. The van der Waals surface area contributed by atoms with E-state index in [4.69, 9.17) is 24.0 Å². The van der Waals surface area contributed by atoms with Crippen molar-refractivity contribution >= 4 is 39.3 Å². The summed E-state index contributed by atoms with van der Waals surface area (Å²) < 4.78 is 17.0. The van der Waals surface area contributed by atoms with Gasteiger partial charge in [-0.1, -0.05) is 18.2 Å². The van der Waals surface area contributed by atoms with Gasteiger partial charge in [0.2, 0.25) is 0 Å². The van der Waals surface area contributed by atoms with Crippen LogP contribution >= 0.6 is 11.3 Å². The van der Waals surface area contributed by atoms with E-state index in [0.29, 0.717) is 17.4 Å². The minimum absolute atomic E-state index is 0.263. The second-order valence-corrected chi connectivity index (χ2v) is 10.1. The van der Waals surface area contributed by atoms with Gasteiger partial charge in [-0.25, -0.2) is 14.8 Å². The molecule has 194 valence electrons. The first-order chi connectivity index (χ1) is 18.9. The fourth-order valence-corrected chi connectivity index (χ4v) is 5.34. The molecule has 8 nitrogen and oxygen atoms in total. The van der Waals surface area contributed by atoms with Gasteiger partial charge in [0.05, 0.1) is 16.1 Å². The Balaban J connectivity index is 1.34.